The van der Waals surface area contributed by atoms with Crippen molar-refractivity contribution in [3.05, 3.63) is 12.2 Å². The standard InChI is InChI=1S/C8H13N/c9-5-8-4-6-1-2-7(8)3-6/h1-2,6-8H,3-5,9H2/p+1. The van der Waals surface area contributed by atoms with Crippen molar-refractivity contribution < 1.29 is 5.73 Å². The summed E-state index contributed by atoms with van der Waals surface area (Å²) < 4.78 is 0. The van der Waals surface area contributed by atoms with E-state index in [-0.39, 0.29) is 0 Å². The van der Waals surface area contributed by atoms with E-state index in [2.05, 4.69) is 17.9 Å². The summed E-state index contributed by atoms with van der Waals surface area (Å²) in [4.78, 5) is 0. The summed E-state index contributed by atoms with van der Waals surface area (Å²) in [6.07, 6.45) is 7.63. The van der Waals surface area contributed by atoms with Crippen LogP contribution in [0.1, 0.15) is 12.8 Å². The van der Waals surface area contributed by atoms with Crippen molar-refractivity contribution >= 4 is 0 Å². The van der Waals surface area contributed by atoms with Crippen LogP contribution in [0.3, 0.4) is 0 Å². The molecule has 0 spiro atoms. The van der Waals surface area contributed by atoms with Crippen molar-refractivity contribution in [2.45, 2.75) is 12.8 Å². The Morgan fingerprint density at radius 1 is 1.33 bits per heavy atom. The Labute approximate surface area is 55.9 Å². The lowest BCUT2D eigenvalue weighted by molar-refractivity contribution is -0.380. The second kappa shape index (κ2) is 1.84. The zero-order valence-electron chi connectivity index (χ0n) is 5.72. The number of rotatable bonds is 1. The molecule has 2 rings (SSSR count). The molecule has 50 valence electrons. The van der Waals surface area contributed by atoms with E-state index in [0.717, 1.165) is 24.3 Å². The van der Waals surface area contributed by atoms with E-state index in [9.17, 15) is 0 Å². The van der Waals surface area contributed by atoms with E-state index >= 15 is 0 Å². The van der Waals surface area contributed by atoms with E-state index < -0.39 is 0 Å². The molecule has 0 aromatic heterocycles. The van der Waals surface area contributed by atoms with Gasteiger partial charge in [0.2, 0.25) is 0 Å². The first-order chi connectivity index (χ1) is 4.40. The summed E-state index contributed by atoms with van der Waals surface area (Å²) in [6.45, 7) is 1.14. The van der Waals surface area contributed by atoms with E-state index in [1.807, 2.05) is 0 Å². The summed E-state index contributed by atoms with van der Waals surface area (Å²) in [7, 11) is 0. The summed E-state index contributed by atoms with van der Waals surface area (Å²) in [5, 5.41) is 0. The number of quaternary nitrogens is 1. The first kappa shape index (κ1) is 5.48. The maximum atomic E-state index is 3.95. The second-order valence-corrected chi connectivity index (χ2v) is 3.33. The van der Waals surface area contributed by atoms with Gasteiger partial charge in [0.15, 0.2) is 0 Å². The van der Waals surface area contributed by atoms with Crippen LogP contribution in [0.2, 0.25) is 0 Å². The van der Waals surface area contributed by atoms with Crippen LogP contribution >= 0.6 is 0 Å². The van der Waals surface area contributed by atoms with Gasteiger partial charge in [-0.3, -0.25) is 0 Å². The fourth-order valence-electron chi connectivity index (χ4n) is 2.23. The smallest absolute Gasteiger partial charge is 0.0774 e. The van der Waals surface area contributed by atoms with Gasteiger partial charge in [-0.15, -0.1) is 0 Å². The predicted octanol–water partition coefficient (Wildman–Crippen LogP) is 0.440. The highest BCUT2D eigenvalue weighted by Gasteiger charge is 2.35. The normalized spacial score (nSPS) is 46.6. The summed E-state index contributed by atoms with van der Waals surface area (Å²) in [5.41, 5.74) is 3.95. The maximum absolute atomic E-state index is 3.95. The van der Waals surface area contributed by atoms with Crippen LogP contribution in [-0.2, 0) is 0 Å². The van der Waals surface area contributed by atoms with Gasteiger partial charge < -0.3 is 5.73 Å². The van der Waals surface area contributed by atoms with Gasteiger partial charge in [0.05, 0.1) is 6.54 Å². The largest absolute Gasteiger partial charge is 0.357 e. The van der Waals surface area contributed by atoms with Crippen LogP contribution in [-0.4, -0.2) is 6.54 Å². The fraction of sp³-hybridized carbons (Fsp3) is 0.750. The third-order valence-electron chi connectivity index (χ3n) is 2.79. The van der Waals surface area contributed by atoms with Crippen molar-refractivity contribution in [1.82, 2.24) is 0 Å². The third kappa shape index (κ3) is 0.715. The molecular weight excluding hydrogens is 110 g/mol. The molecule has 3 N–H and O–H groups in total. The molecule has 1 heteroatoms. The Kier molecular flexibility index (Phi) is 1.12. The number of fused-ring (bicyclic) bond motifs is 2. The molecule has 0 aliphatic heterocycles. The molecule has 1 saturated carbocycles. The SMILES string of the molecule is [NH3+]CC1CC2C=CC1C2. The van der Waals surface area contributed by atoms with Crippen molar-refractivity contribution in [1.29, 1.82) is 0 Å². The molecule has 3 unspecified atom stereocenters. The molecule has 1 fully saturated rings. The van der Waals surface area contributed by atoms with Gasteiger partial charge in [0, 0.05) is 5.92 Å². The molecule has 2 aliphatic rings. The summed E-state index contributed by atoms with van der Waals surface area (Å²) >= 11 is 0. The first-order valence-corrected chi connectivity index (χ1v) is 3.87. The zero-order valence-corrected chi connectivity index (χ0v) is 5.72. The third-order valence-corrected chi connectivity index (χ3v) is 2.79. The van der Waals surface area contributed by atoms with Gasteiger partial charge in [-0.05, 0) is 24.7 Å². The average Bonchev–Trinajstić information content (AvgIpc) is 2.45. The molecule has 3 atom stereocenters. The lowest BCUT2D eigenvalue weighted by Gasteiger charge is -2.11. The first-order valence-electron chi connectivity index (χ1n) is 3.87. The molecule has 0 radical (unpaired) electrons. The van der Waals surface area contributed by atoms with Crippen LogP contribution in [0.5, 0.6) is 0 Å². The van der Waals surface area contributed by atoms with Crippen LogP contribution in [0.4, 0.5) is 0 Å². The highest BCUT2D eigenvalue weighted by atomic mass is 14.6. The van der Waals surface area contributed by atoms with Crippen molar-refractivity contribution in [3.63, 3.8) is 0 Å². The molecule has 2 bridgehead atoms. The Morgan fingerprint density at radius 3 is 2.56 bits per heavy atom. The molecule has 9 heavy (non-hydrogen) atoms. The second-order valence-electron chi connectivity index (χ2n) is 3.33. The molecule has 0 saturated heterocycles. The predicted molar refractivity (Wildman–Crippen MR) is 36.6 cm³/mol. The maximum Gasteiger partial charge on any atom is 0.0774 e. The minimum Gasteiger partial charge on any atom is -0.357 e. The Balaban J connectivity index is 2.10. The lowest BCUT2D eigenvalue weighted by atomic mass is 9.94. The number of allylic oxidation sites excluding steroid dienone is 2. The van der Waals surface area contributed by atoms with E-state index in [4.69, 9.17) is 0 Å². The van der Waals surface area contributed by atoms with Crippen molar-refractivity contribution in [3.8, 4) is 0 Å². The monoisotopic (exact) mass is 124 g/mol. The van der Waals surface area contributed by atoms with Gasteiger partial charge in [-0.2, -0.15) is 0 Å². The highest BCUT2D eigenvalue weighted by molar-refractivity contribution is 5.09. The lowest BCUT2D eigenvalue weighted by Crippen LogP contribution is -2.54. The van der Waals surface area contributed by atoms with E-state index in [1.54, 1.807) is 0 Å². The van der Waals surface area contributed by atoms with Crippen molar-refractivity contribution in [2.75, 3.05) is 6.54 Å². The summed E-state index contributed by atoms with van der Waals surface area (Å²) in [6, 6.07) is 0. The molecule has 0 aromatic rings. The van der Waals surface area contributed by atoms with E-state index in [1.165, 1.54) is 12.8 Å². The molecule has 0 heterocycles. The van der Waals surface area contributed by atoms with Crippen molar-refractivity contribution in [2.24, 2.45) is 17.8 Å². The van der Waals surface area contributed by atoms with Gasteiger partial charge in [0.25, 0.3) is 0 Å². The fourth-order valence-corrected chi connectivity index (χ4v) is 2.23. The van der Waals surface area contributed by atoms with Gasteiger partial charge >= 0.3 is 0 Å². The molecule has 1 nitrogen and oxygen atoms in total. The van der Waals surface area contributed by atoms with E-state index in [0.29, 0.717) is 0 Å². The van der Waals surface area contributed by atoms with Gasteiger partial charge in [-0.25, -0.2) is 0 Å². The van der Waals surface area contributed by atoms with Crippen LogP contribution in [0.25, 0.3) is 0 Å². The van der Waals surface area contributed by atoms with Gasteiger partial charge in [-0.1, -0.05) is 12.2 Å². The molecule has 2 aliphatic carbocycles. The van der Waals surface area contributed by atoms with Crippen LogP contribution in [0.15, 0.2) is 12.2 Å². The Morgan fingerprint density at radius 2 is 2.22 bits per heavy atom. The highest BCUT2D eigenvalue weighted by Crippen LogP contribution is 2.42. The molecular formula is C8H14N+. The minimum absolute atomic E-state index is 0.910. The number of hydrogen-bond acceptors (Lipinski definition) is 0. The summed E-state index contributed by atoms with van der Waals surface area (Å²) in [5.74, 6) is 2.77. The van der Waals surface area contributed by atoms with Crippen LogP contribution < -0.4 is 5.73 Å². The quantitative estimate of drug-likeness (QED) is 0.491. The topological polar surface area (TPSA) is 27.6 Å². The van der Waals surface area contributed by atoms with Gasteiger partial charge in [0.1, 0.15) is 0 Å². The average molecular weight is 124 g/mol. The minimum atomic E-state index is 0.910. The Bertz CT molecular complexity index is 140. The molecule has 0 amide bonds. The van der Waals surface area contributed by atoms with Crippen LogP contribution in [0, 0.1) is 17.8 Å². The molecule has 0 aromatic carbocycles. The number of hydrogen-bond donors (Lipinski definition) is 1. The Hall–Kier alpha value is -0.300. The zero-order chi connectivity index (χ0) is 6.27.